The Labute approximate surface area is 115 Å². The fraction of sp³-hybridized carbons (Fsp3) is 0.600. The fourth-order valence-corrected chi connectivity index (χ4v) is 2.70. The van der Waals surface area contributed by atoms with E-state index in [9.17, 15) is 5.11 Å². The van der Waals surface area contributed by atoms with Crippen molar-refractivity contribution >= 4 is 11.4 Å². The van der Waals surface area contributed by atoms with Gasteiger partial charge < -0.3 is 20.9 Å². The molecule has 0 spiro atoms. The summed E-state index contributed by atoms with van der Waals surface area (Å²) in [6.45, 7) is 2.41. The molecule has 19 heavy (non-hydrogen) atoms. The standard InChI is InChI=1S/C15H24N2O2/c1-11-5-7-15(10-18,8-6-11)17-14-4-3-12(19-2)9-13(14)16/h3-4,9,11,17-18H,5-8,10,16H2,1-2H3. The van der Waals surface area contributed by atoms with Crippen molar-refractivity contribution in [1.82, 2.24) is 0 Å². The lowest BCUT2D eigenvalue weighted by Gasteiger charge is -2.39. The van der Waals surface area contributed by atoms with Crippen molar-refractivity contribution in [2.45, 2.75) is 38.1 Å². The lowest BCUT2D eigenvalue weighted by Crippen LogP contribution is -2.45. The Balaban J connectivity index is 2.14. The number of nitrogens with two attached hydrogens (primary N) is 1. The van der Waals surface area contributed by atoms with Crippen LogP contribution < -0.4 is 15.8 Å². The van der Waals surface area contributed by atoms with Crippen molar-refractivity contribution in [3.63, 3.8) is 0 Å². The van der Waals surface area contributed by atoms with Gasteiger partial charge in [-0.15, -0.1) is 0 Å². The first-order valence-electron chi connectivity index (χ1n) is 6.91. The van der Waals surface area contributed by atoms with Gasteiger partial charge in [0, 0.05) is 6.07 Å². The molecule has 0 heterocycles. The van der Waals surface area contributed by atoms with Gasteiger partial charge in [0.05, 0.1) is 30.6 Å². The zero-order chi connectivity index (χ0) is 13.9. The van der Waals surface area contributed by atoms with Crippen LogP contribution in [0.4, 0.5) is 11.4 Å². The van der Waals surface area contributed by atoms with E-state index in [1.54, 1.807) is 13.2 Å². The molecule has 0 bridgehead atoms. The molecule has 1 aliphatic rings. The molecule has 1 aromatic carbocycles. The Hall–Kier alpha value is -1.42. The van der Waals surface area contributed by atoms with Gasteiger partial charge in [0.25, 0.3) is 0 Å². The number of nitrogen functional groups attached to an aromatic ring is 1. The Morgan fingerprint density at radius 2 is 2.11 bits per heavy atom. The van der Waals surface area contributed by atoms with Crippen LogP contribution in [0.5, 0.6) is 5.75 Å². The van der Waals surface area contributed by atoms with Gasteiger partial charge in [-0.05, 0) is 43.7 Å². The normalized spacial score (nSPS) is 27.0. The first-order chi connectivity index (χ1) is 9.08. The van der Waals surface area contributed by atoms with Gasteiger partial charge in [-0.1, -0.05) is 6.92 Å². The minimum absolute atomic E-state index is 0.144. The molecule has 0 unspecified atom stereocenters. The topological polar surface area (TPSA) is 67.5 Å². The van der Waals surface area contributed by atoms with Crippen molar-refractivity contribution in [3.05, 3.63) is 18.2 Å². The molecule has 106 valence electrons. The van der Waals surface area contributed by atoms with E-state index in [4.69, 9.17) is 10.5 Å². The highest BCUT2D eigenvalue weighted by Crippen LogP contribution is 2.36. The second-order valence-electron chi connectivity index (χ2n) is 5.70. The number of aliphatic hydroxyl groups excluding tert-OH is 1. The molecule has 0 atom stereocenters. The molecular weight excluding hydrogens is 240 g/mol. The number of ether oxygens (including phenoxy) is 1. The highest BCUT2D eigenvalue weighted by Gasteiger charge is 2.33. The Morgan fingerprint density at radius 3 is 2.63 bits per heavy atom. The van der Waals surface area contributed by atoms with Crippen LogP contribution in [0.15, 0.2) is 18.2 Å². The van der Waals surface area contributed by atoms with E-state index in [0.717, 1.165) is 43.0 Å². The molecule has 0 radical (unpaired) electrons. The highest BCUT2D eigenvalue weighted by molar-refractivity contribution is 5.69. The predicted octanol–water partition coefficient (Wildman–Crippen LogP) is 2.63. The molecule has 0 amide bonds. The van der Waals surface area contributed by atoms with Crippen LogP contribution >= 0.6 is 0 Å². The monoisotopic (exact) mass is 264 g/mol. The summed E-state index contributed by atoms with van der Waals surface area (Å²) in [5.74, 6) is 1.49. The maximum atomic E-state index is 9.75. The van der Waals surface area contributed by atoms with E-state index in [1.807, 2.05) is 12.1 Å². The van der Waals surface area contributed by atoms with Crippen molar-refractivity contribution in [3.8, 4) is 5.75 Å². The molecule has 2 rings (SSSR count). The highest BCUT2D eigenvalue weighted by atomic mass is 16.5. The number of aliphatic hydroxyl groups is 1. The van der Waals surface area contributed by atoms with Gasteiger partial charge in [-0.25, -0.2) is 0 Å². The van der Waals surface area contributed by atoms with Crippen LogP contribution in [-0.2, 0) is 0 Å². The van der Waals surface area contributed by atoms with Crippen LogP contribution in [0.25, 0.3) is 0 Å². The van der Waals surface area contributed by atoms with Gasteiger partial charge in [0.1, 0.15) is 5.75 Å². The Kier molecular flexibility index (Phi) is 4.20. The molecule has 0 aromatic heterocycles. The SMILES string of the molecule is COc1ccc(NC2(CO)CCC(C)CC2)c(N)c1. The van der Waals surface area contributed by atoms with Gasteiger partial charge >= 0.3 is 0 Å². The molecule has 4 heteroatoms. The predicted molar refractivity (Wildman–Crippen MR) is 78.5 cm³/mol. The molecule has 1 fully saturated rings. The summed E-state index contributed by atoms with van der Waals surface area (Å²) in [7, 11) is 1.62. The number of methoxy groups -OCH3 is 1. The van der Waals surface area contributed by atoms with Gasteiger partial charge in [-0.3, -0.25) is 0 Å². The largest absolute Gasteiger partial charge is 0.497 e. The average molecular weight is 264 g/mol. The summed E-state index contributed by atoms with van der Waals surface area (Å²) in [6, 6.07) is 5.61. The minimum atomic E-state index is -0.227. The summed E-state index contributed by atoms with van der Waals surface area (Å²) < 4.78 is 5.15. The summed E-state index contributed by atoms with van der Waals surface area (Å²) in [5, 5.41) is 13.2. The lowest BCUT2D eigenvalue weighted by atomic mass is 9.77. The van der Waals surface area contributed by atoms with Gasteiger partial charge in [0.15, 0.2) is 0 Å². The van der Waals surface area contributed by atoms with Crippen LogP contribution in [0, 0.1) is 5.92 Å². The zero-order valence-corrected chi connectivity index (χ0v) is 11.8. The zero-order valence-electron chi connectivity index (χ0n) is 11.8. The van der Waals surface area contributed by atoms with Crippen LogP contribution in [0.3, 0.4) is 0 Å². The minimum Gasteiger partial charge on any atom is -0.497 e. The summed E-state index contributed by atoms with van der Waals surface area (Å²) >= 11 is 0. The number of nitrogens with one attached hydrogen (secondary N) is 1. The molecule has 0 aliphatic heterocycles. The third-order valence-electron chi connectivity index (χ3n) is 4.19. The third kappa shape index (κ3) is 3.13. The molecule has 4 nitrogen and oxygen atoms in total. The van der Waals surface area contributed by atoms with Crippen LogP contribution in [-0.4, -0.2) is 24.4 Å². The van der Waals surface area contributed by atoms with E-state index >= 15 is 0 Å². The van der Waals surface area contributed by atoms with Crippen molar-refractivity contribution in [1.29, 1.82) is 0 Å². The fourth-order valence-electron chi connectivity index (χ4n) is 2.70. The summed E-state index contributed by atoms with van der Waals surface area (Å²) in [4.78, 5) is 0. The Bertz CT molecular complexity index is 426. The van der Waals surface area contributed by atoms with E-state index in [2.05, 4.69) is 12.2 Å². The molecule has 4 N–H and O–H groups in total. The number of benzene rings is 1. The summed E-state index contributed by atoms with van der Waals surface area (Å²) in [5.41, 5.74) is 7.34. The van der Waals surface area contributed by atoms with Crippen molar-refractivity contribution < 1.29 is 9.84 Å². The van der Waals surface area contributed by atoms with E-state index in [-0.39, 0.29) is 12.1 Å². The molecular formula is C15H24N2O2. The first-order valence-corrected chi connectivity index (χ1v) is 6.91. The molecule has 1 aliphatic carbocycles. The molecule has 0 saturated heterocycles. The number of hydrogen-bond acceptors (Lipinski definition) is 4. The maximum absolute atomic E-state index is 9.75. The summed E-state index contributed by atoms with van der Waals surface area (Å²) in [6.07, 6.45) is 4.25. The molecule has 1 aromatic rings. The van der Waals surface area contributed by atoms with E-state index < -0.39 is 0 Å². The molecule has 1 saturated carbocycles. The third-order valence-corrected chi connectivity index (χ3v) is 4.19. The smallest absolute Gasteiger partial charge is 0.121 e. The number of anilines is 2. The van der Waals surface area contributed by atoms with Crippen molar-refractivity contribution in [2.24, 2.45) is 5.92 Å². The maximum Gasteiger partial charge on any atom is 0.121 e. The van der Waals surface area contributed by atoms with Crippen LogP contribution in [0.2, 0.25) is 0 Å². The first kappa shape index (κ1) is 14.0. The van der Waals surface area contributed by atoms with Gasteiger partial charge in [-0.2, -0.15) is 0 Å². The van der Waals surface area contributed by atoms with E-state index in [1.165, 1.54) is 0 Å². The van der Waals surface area contributed by atoms with Gasteiger partial charge in [0.2, 0.25) is 0 Å². The second kappa shape index (κ2) is 5.70. The average Bonchev–Trinajstić information content (AvgIpc) is 2.44. The number of hydrogen-bond donors (Lipinski definition) is 3. The lowest BCUT2D eigenvalue weighted by molar-refractivity contribution is 0.155. The Morgan fingerprint density at radius 1 is 1.42 bits per heavy atom. The van der Waals surface area contributed by atoms with E-state index in [0.29, 0.717) is 5.69 Å². The number of rotatable bonds is 4. The van der Waals surface area contributed by atoms with Crippen molar-refractivity contribution in [2.75, 3.05) is 24.8 Å². The van der Waals surface area contributed by atoms with Crippen LogP contribution in [0.1, 0.15) is 32.6 Å². The quantitative estimate of drug-likeness (QED) is 0.731. The second-order valence-corrected chi connectivity index (χ2v) is 5.70.